The van der Waals surface area contributed by atoms with Crippen LogP contribution in [0.3, 0.4) is 0 Å². The number of nitrogens with zero attached hydrogens (tertiary/aromatic N) is 2. The van der Waals surface area contributed by atoms with Gasteiger partial charge in [-0.1, -0.05) is 12.1 Å². The summed E-state index contributed by atoms with van der Waals surface area (Å²) in [4.78, 5) is 18.4. The van der Waals surface area contributed by atoms with E-state index in [0.717, 1.165) is 11.8 Å². The molecule has 0 amide bonds. The van der Waals surface area contributed by atoms with Crippen molar-refractivity contribution in [2.45, 2.75) is 19.1 Å². The highest BCUT2D eigenvalue weighted by Gasteiger charge is 2.28. The second-order valence-electron chi connectivity index (χ2n) is 4.93. The van der Waals surface area contributed by atoms with Crippen molar-refractivity contribution in [1.29, 1.82) is 0 Å². The van der Waals surface area contributed by atoms with Gasteiger partial charge in [-0.05, 0) is 24.6 Å². The van der Waals surface area contributed by atoms with Crippen molar-refractivity contribution in [3.8, 4) is 5.75 Å². The van der Waals surface area contributed by atoms with E-state index in [0.29, 0.717) is 5.82 Å². The first-order chi connectivity index (χ1) is 11.2. The summed E-state index contributed by atoms with van der Waals surface area (Å²) in [6, 6.07) is 5.92. The van der Waals surface area contributed by atoms with Crippen LogP contribution < -0.4 is 10.1 Å². The topological polar surface area (TPSA) is 84.3 Å². The second-order valence-corrected chi connectivity index (χ2v) is 4.93. The molecule has 1 atom stereocenters. The Labute approximate surface area is 135 Å². The first-order valence-corrected chi connectivity index (χ1v) is 6.86. The molecular weight excluding hydrogens is 327 g/mol. The molecule has 1 heterocycles. The third kappa shape index (κ3) is 5.11. The maximum atomic E-state index is 12.1. The number of carboxylic acids is 1. The standard InChI is InChI=1S/C15H14F3N3O3/c1-9(21-13-7-19-12(6-20-13)14(22)23)10-2-4-11(5-3-10)24-8-15(16,17)18/h2-7,9H,8H2,1H3,(H,20,21)(H,22,23). The molecule has 0 aliphatic rings. The van der Waals surface area contributed by atoms with E-state index in [1.165, 1.54) is 18.3 Å². The van der Waals surface area contributed by atoms with Crippen LogP contribution in [0.25, 0.3) is 0 Å². The molecular formula is C15H14F3N3O3. The van der Waals surface area contributed by atoms with Crippen molar-refractivity contribution in [1.82, 2.24) is 9.97 Å². The lowest BCUT2D eigenvalue weighted by atomic mass is 10.1. The predicted molar refractivity (Wildman–Crippen MR) is 79.0 cm³/mol. The molecule has 2 rings (SSSR count). The van der Waals surface area contributed by atoms with Crippen molar-refractivity contribution < 1.29 is 27.8 Å². The van der Waals surface area contributed by atoms with Crippen molar-refractivity contribution in [2.24, 2.45) is 0 Å². The van der Waals surface area contributed by atoms with E-state index in [2.05, 4.69) is 20.0 Å². The molecule has 0 saturated heterocycles. The third-order valence-electron chi connectivity index (χ3n) is 3.02. The number of carbonyl (C=O) groups is 1. The Morgan fingerprint density at radius 3 is 2.42 bits per heavy atom. The Bertz CT molecular complexity index is 688. The van der Waals surface area contributed by atoms with E-state index in [1.54, 1.807) is 12.1 Å². The Balaban J connectivity index is 1.97. The van der Waals surface area contributed by atoms with Gasteiger partial charge in [0.25, 0.3) is 0 Å². The molecule has 2 N–H and O–H groups in total. The number of aromatic nitrogens is 2. The quantitative estimate of drug-likeness (QED) is 0.839. The normalized spacial score (nSPS) is 12.5. The lowest BCUT2D eigenvalue weighted by molar-refractivity contribution is -0.153. The Morgan fingerprint density at radius 1 is 1.25 bits per heavy atom. The van der Waals surface area contributed by atoms with Crippen LogP contribution in [0.15, 0.2) is 36.7 Å². The van der Waals surface area contributed by atoms with Crippen LogP contribution in [0.5, 0.6) is 5.75 Å². The molecule has 9 heteroatoms. The number of aromatic carboxylic acids is 1. The van der Waals surface area contributed by atoms with E-state index in [-0.39, 0.29) is 17.5 Å². The summed E-state index contributed by atoms with van der Waals surface area (Å²) >= 11 is 0. The summed E-state index contributed by atoms with van der Waals surface area (Å²) in [6.07, 6.45) is -1.96. The SMILES string of the molecule is CC(Nc1cnc(C(=O)O)cn1)c1ccc(OCC(F)(F)F)cc1. The molecule has 0 aliphatic heterocycles. The highest BCUT2D eigenvalue weighted by molar-refractivity contribution is 5.84. The summed E-state index contributed by atoms with van der Waals surface area (Å²) in [6.45, 7) is 0.476. The maximum Gasteiger partial charge on any atom is 0.422 e. The fourth-order valence-corrected chi connectivity index (χ4v) is 1.84. The average Bonchev–Trinajstić information content (AvgIpc) is 2.53. The van der Waals surface area contributed by atoms with Crippen LogP contribution in [-0.4, -0.2) is 33.8 Å². The van der Waals surface area contributed by atoms with Gasteiger partial charge in [-0.25, -0.2) is 14.8 Å². The molecule has 0 radical (unpaired) electrons. The molecule has 0 bridgehead atoms. The average molecular weight is 341 g/mol. The minimum Gasteiger partial charge on any atom is -0.484 e. The summed E-state index contributed by atoms with van der Waals surface area (Å²) in [7, 11) is 0. The zero-order chi connectivity index (χ0) is 17.7. The fraction of sp³-hybridized carbons (Fsp3) is 0.267. The summed E-state index contributed by atoms with van der Waals surface area (Å²) in [5.74, 6) is -0.671. The van der Waals surface area contributed by atoms with Gasteiger partial charge in [0.15, 0.2) is 12.3 Å². The third-order valence-corrected chi connectivity index (χ3v) is 3.02. The number of hydrogen-bond donors (Lipinski definition) is 2. The molecule has 2 aromatic rings. The molecule has 24 heavy (non-hydrogen) atoms. The zero-order valence-corrected chi connectivity index (χ0v) is 12.5. The number of carboxylic acid groups (broad SMARTS) is 1. The smallest absolute Gasteiger partial charge is 0.422 e. The lowest BCUT2D eigenvalue weighted by Gasteiger charge is -2.15. The van der Waals surface area contributed by atoms with Gasteiger partial charge in [-0.15, -0.1) is 0 Å². The largest absolute Gasteiger partial charge is 0.484 e. The number of rotatable bonds is 6. The molecule has 128 valence electrons. The fourth-order valence-electron chi connectivity index (χ4n) is 1.84. The molecule has 6 nitrogen and oxygen atoms in total. The number of benzene rings is 1. The molecule has 0 fully saturated rings. The highest BCUT2D eigenvalue weighted by atomic mass is 19.4. The van der Waals surface area contributed by atoms with Crippen LogP contribution >= 0.6 is 0 Å². The van der Waals surface area contributed by atoms with Gasteiger partial charge in [-0.2, -0.15) is 13.2 Å². The molecule has 0 saturated carbocycles. The van der Waals surface area contributed by atoms with Crippen molar-refractivity contribution >= 4 is 11.8 Å². The monoisotopic (exact) mass is 341 g/mol. The van der Waals surface area contributed by atoms with Gasteiger partial charge in [0.1, 0.15) is 11.6 Å². The van der Waals surface area contributed by atoms with Gasteiger partial charge in [0, 0.05) is 6.04 Å². The van der Waals surface area contributed by atoms with Gasteiger partial charge in [0.2, 0.25) is 0 Å². The molecule has 1 aromatic carbocycles. The number of hydrogen-bond acceptors (Lipinski definition) is 5. The van der Waals surface area contributed by atoms with Crippen molar-refractivity contribution in [3.63, 3.8) is 0 Å². The Morgan fingerprint density at radius 2 is 1.92 bits per heavy atom. The van der Waals surface area contributed by atoms with Crippen molar-refractivity contribution in [2.75, 3.05) is 11.9 Å². The molecule has 0 aliphatic carbocycles. The van der Waals surface area contributed by atoms with E-state index in [1.807, 2.05) is 6.92 Å². The summed E-state index contributed by atoms with van der Waals surface area (Å²) < 4.78 is 40.9. The number of halogens is 3. The van der Waals surface area contributed by atoms with Crippen LogP contribution in [0, 0.1) is 0 Å². The summed E-state index contributed by atoms with van der Waals surface area (Å²) in [5.41, 5.74) is 0.623. The number of anilines is 1. The van der Waals surface area contributed by atoms with E-state index in [4.69, 9.17) is 5.11 Å². The first-order valence-electron chi connectivity index (χ1n) is 6.86. The van der Waals surface area contributed by atoms with Crippen LogP contribution in [-0.2, 0) is 0 Å². The molecule has 1 aromatic heterocycles. The van der Waals surface area contributed by atoms with Gasteiger partial charge >= 0.3 is 12.1 Å². The number of ether oxygens (including phenoxy) is 1. The Hall–Kier alpha value is -2.84. The van der Waals surface area contributed by atoms with Gasteiger partial charge < -0.3 is 15.2 Å². The Kier molecular flexibility index (Phi) is 5.22. The predicted octanol–water partition coefficient (Wildman–Crippen LogP) is 3.29. The first kappa shape index (κ1) is 17.5. The number of nitrogens with one attached hydrogen (secondary N) is 1. The van der Waals surface area contributed by atoms with E-state index in [9.17, 15) is 18.0 Å². The van der Waals surface area contributed by atoms with E-state index < -0.39 is 18.8 Å². The van der Waals surface area contributed by atoms with Crippen LogP contribution in [0.1, 0.15) is 29.0 Å². The second kappa shape index (κ2) is 7.16. The lowest BCUT2D eigenvalue weighted by Crippen LogP contribution is -2.19. The minimum absolute atomic E-state index is 0.119. The molecule has 1 unspecified atom stereocenters. The van der Waals surface area contributed by atoms with Gasteiger partial charge in [-0.3, -0.25) is 0 Å². The summed E-state index contributed by atoms with van der Waals surface area (Å²) in [5, 5.41) is 11.8. The van der Waals surface area contributed by atoms with Crippen LogP contribution in [0.4, 0.5) is 19.0 Å². The van der Waals surface area contributed by atoms with Crippen molar-refractivity contribution in [3.05, 3.63) is 47.9 Å². The molecule has 0 spiro atoms. The van der Waals surface area contributed by atoms with E-state index >= 15 is 0 Å². The number of alkyl halides is 3. The van der Waals surface area contributed by atoms with Crippen LogP contribution in [0.2, 0.25) is 0 Å². The highest BCUT2D eigenvalue weighted by Crippen LogP contribution is 2.22. The zero-order valence-electron chi connectivity index (χ0n) is 12.5. The maximum absolute atomic E-state index is 12.1. The van der Waals surface area contributed by atoms with Gasteiger partial charge in [0.05, 0.1) is 12.4 Å². The minimum atomic E-state index is -4.38.